The van der Waals surface area contributed by atoms with E-state index >= 15 is 0 Å². The van der Waals surface area contributed by atoms with Crippen LogP contribution in [0.15, 0.2) is 42.5 Å². The van der Waals surface area contributed by atoms with Crippen molar-refractivity contribution in [2.75, 3.05) is 11.9 Å². The molecular formula is C15H17ClN2O. The highest BCUT2D eigenvalue weighted by Gasteiger charge is 1.99. The first-order chi connectivity index (χ1) is 9.28. The second-order valence-electron chi connectivity index (χ2n) is 4.20. The summed E-state index contributed by atoms with van der Waals surface area (Å²) in [5.74, 6) is 1.46. The lowest BCUT2D eigenvalue weighted by Gasteiger charge is -2.08. The summed E-state index contributed by atoms with van der Waals surface area (Å²) in [6, 6.07) is 13.3. The Hall–Kier alpha value is -1.74. The molecule has 0 bridgehead atoms. The zero-order valence-electron chi connectivity index (χ0n) is 10.9. The number of ether oxygens (including phenoxy) is 1. The van der Waals surface area contributed by atoms with Gasteiger partial charge in [-0.05, 0) is 30.2 Å². The molecule has 0 aliphatic carbocycles. The Morgan fingerprint density at radius 3 is 2.68 bits per heavy atom. The van der Waals surface area contributed by atoms with Gasteiger partial charge < -0.3 is 10.1 Å². The van der Waals surface area contributed by atoms with Gasteiger partial charge in [0.1, 0.15) is 12.4 Å². The third-order valence-corrected chi connectivity index (χ3v) is 2.83. The van der Waals surface area contributed by atoms with Crippen molar-refractivity contribution in [2.24, 2.45) is 0 Å². The van der Waals surface area contributed by atoms with Crippen LogP contribution in [-0.4, -0.2) is 11.5 Å². The minimum Gasteiger partial charge on any atom is -0.473 e. The molecular weight excluding hydrogens is 260 g/mol. The SMILES string of the molecule is CCCNc1cccc(OCc2ccc(Cl)cc2)n1. The van der Waals surface area contributed by atoms with Gasteiger partial charge in [-0.15, -0.1) is 0 Å². The van der Waals surface area contributed by atoms with Crippen LogP contribution in [-0.2, 0) is 6.61 Å². The molecule has 1 aromatic heterocycles. The van der Waals surface area contributed by atoms with Crippen molar-refractivity contribution >= 4 is 17.4 Å². The third kappa shape index (κ3) is 4.45. The summed E-state index contributed by atoms with van der Waals surface area (Å²) in [5, 5.41) is 3.96. The molecule has 0 amide bonds. The topological polar surface area (TPSA) is 34.1 Å². The van der Waals surface area contributed by atoms with Gasteiger partial charge in [0.05, 0.1) is 0 Å². The van der Waals surface area contributed by atoms with Crippen LogP contribution in [0.1, 0.15) is 18.9 Å². The summed E-state index contributed by atoms with van der Waals surface area (Å²) in [4.78, 5) is 4.38. The van der Waals surface area contributed by atoms with Crippen molar-refractivity contribution in [1.29, 1.82) is 0 Å². The van der Waals surface area contributed by atoms with Crippen LogP contribution in [0, 0.1) is 0 Å². The number of hydrogen-bond acceptors (Lipinski definition) is 3. The molecule has 2 aromatic rings. The molecule has 0 aliphatic heterocycles. The molecule has 0 fully saturated rings. The Labute approximate surface area is 118 Å². The zero-order valence-corrected chi connectivity index (χ0v) is 11.7. The molecule has 0 spiro atoms. The molecule has 2 rings (SSSR count). The fraction of sp³-hybridized carbons (Fsp3) is 0.267. The smallest absolute Gasteiger partial charge is 0.215 e. The van der Waals surface area contributed by atoms with Crippen LogP contribution >= 0.6 is 11.6 Å². The van der Waals surface area contributed by atoms with Gasteiger partial charge >= 0.3 is 0 Å². The summed E-state index contributed by atoms with van der Waals surface area (Å²) < 4.78 is 5.66. The molecule has 3 nitrogen and oxygen atoms in total. The second kappa shape index (κ2) is 7.00. The van der Waals surface area contributed by atoms with Crippen LogP contribution in [0.3, 0.4) is 0 Å². The van der Waals surface area contributed by atoms with Crippen LogP contribution in [0.4, 0.5) is 5.82 Å². The van der Waals surface area contributed by atoms with Crippen molar-refractivity contribution in [1.82, 2.24) is 4.98 Å². The van der Waals surface area contributed by atoms with E-state index in [9.17, 15) is 0 Å². The molecule has 19 heavy (non-hydrogen) atoms. The van der Waals surface area contributed by atoms with Crippen molar-refractivity contribution in [3.63, 3.8) is 0 Å². The molecule has 100 valence electrons. The maximum atomic E-state index is 5.84. The fourth-order valence-electron chi connectivity index (χ4n) is 1.58. The molecule has 0 saturated carbocycles. The number of benzene rings is 1. The molecule has 0 atom stereocenters. The highest BCUT2D eigenvalue weighted by molar-refractivity contribution is 6.30. The minimum atomic E-state index is 0.487. The standard InChI is InChI=1S/C15H17ClN2O/c1-2-10-17-14-4-3-5-15(18-14)19-11-12-6-8-13(16)9-7-12/h3-9H,2,10-11H2,1H3,(H,17,18). The van der Waals surface area contributed by atoms with Gasteiger partial charge in [0.15, 0.2) is 0 Å². The van der Waals surface area contributed by atoms with Crippen molar-refractivity contribution in [3.05, 3.63) is 53.1 Å². The maximum Gasteiger partial charge on any atom is 0.215 e. The number of aromatic nitrogens is 1. The number of anilines is 1. The first kappa shape index (κ1) is 13.7. The van der Waals surface area contributed by atoms with E-state index in [1.807, 2.05) is 42.5 Å². The molecule has 0 saturated heterocycles. The quantitative estimate of drug-likeness (QED) is 0.861. The van der Waals surface area contributed by atoms with Crippen molar-refractivity contribution < 1.29 is 4.74 Å². The minimum absolute atomic E-state index is 0.487. The van der Waals surface area contributed by atoms with Crippen molar-refractivity contribution in [3.8, 4) is 5.88 Å². The number of pyridine rings is 1. The van der Waals surface area contributed by atoms with Gasteiger partial charge in [-0.1, -0.05) is 36.7 Å². The van der Waals surface area contributed by atoms with Crippen LogP contribution in [0.5, 0.6) is 5.88 Å². The second-order valence-corrected chi connectivity index (χ2v) is 4.64. The molecule has 1 N–H and O–H groups in total. The van der Waals surface area contributed by atoms with Gasteiger partial charge in [-0.3, -0.25) is 0 Å². The fourth-order valence-corrected chi connectivity index (χ4v) is 1.71. The lowest BCUT2D eigenvalue weighted by Crippen LogP contribution is -2.03. The highest BCUT2D eigenvalue weighted by atomic mass is 35.5. The highest BCUT2D eigenvalue weighted by Crippen LogP contribution is 2.15. The Kier molecular flexibility index (Phi) is 5.04. The Bertz CT molecular complexity index is 514. The zero-order chi connectivity index (χ0) is 13.5. The summed E-state index contributed by atoms with van der Waals surface area (Å²) in [5.41, 5.74) is 1.07. The average Bonchev–Trinajstić information content (AvgIpc) is 2.45. The Morgan fingerprint density at radius 1 is 1.16 bits per heavy atom. The lowest BCUT2D eigenvalue weighted by molar-refractivity contribution is 0.294. The average molecular weight is 277 g/mol. The molecule has 0 aliphatic rings. The van der Waals surface area contributed by atoms with Gasteiger partial charge in [-0.25, -0.2) is 0 Å². The summed E-state index contributed by atoms with van der Waals surface area (Å²) >= 11 is 5.84. The largest absolute Gasteiger partial charge is 0.473 e. The van der Waals surface area contributed by atoms with E-state index in [0.717, 1.165) is 29.4 Å². The lowest BCUT2D eigenvalue weighted by atomic mass is 10.2. The Morgan fingerprint density at radius 2 is 1.95 bits per heavy atom. The molecule has 1 heterocycles. The molecule has 0 unspecified atom stereocenters. The first-order valence-corrected chi connectivity index (χ1v) is 6.74. The first-order valence-electron chi connectivity index (χ1n) is 6.36. The van der Waals surface area contributed by atoms with E-state index in [1.165, 1.54) is 0 Å². The van der Waals surface area contributed by atoms with Gasteiger partial charge in [-0.2, -0.15) is 4.98 Å². The van der Waals surface area contributed by atoms with Gasteiger partial charge in [0.2, 0.25) is 5.88 Å². The monoisotopic (exact) mass is 276 g/mol. The van der Waals surface area contributed by atoms with Crippen LogP contribution in [0.25, 0.3) is 0 Å². The predicted molar refractivity (Wildman–Crippen MR) is 78.8 cm³/mol. The van der Waals surface area contributed by atoms with E-state index in [-0.39, 0.29) is 0 Å². The summed E-state index contributed by atoms with van der Waals surface area (Å²) in [6.45, 7) is 3.52. The molecule has 1 aromatic carbocycles. The number of hydrogen-bond donors (Lipinski definition) is 1. The Balaban J connectivity index is 1.93. The third-order valence-electron chi connectivity index (χ3n) is 2.58. The number of nitrogens with one attached hydrogen (secondary N) is 1. The van der Waals surface area contributed by atoms with Gasteiger partial charge in [0.25, 0.3) is 0 Å². The van der Waals surface area contributed by atoms with E-state index in [0.29, 0.717) is 12.5 Å². The molecule has 0 radical (unpaired) electrons. The number of halogens is 1. The van der Waals surface area contributed by atoms with Crippen molar-refractivity contribution in [2.45, 2.75) is 20.0 Å². The number of rotatable bonds is 6. The predicted octanol–water partition coefficient (Wildman–Crippen LogP) is 4.14. The summed E-state index contributed by atoms with van der Waals surface area (Å²) in [7, 11) is 0. The maximum absolute atomic E-state index is 5.84. The molecule has 4 heteroatoms. The van der Waals surface area contributed by atoms with E-state index < -0.39 is 0 Å². The van der Waals surface area contributed by atoms with Crippen LogP contribution in [0.2, 0.25) is 5.02 Å². The van der Waals surface area contributed by atoms with Crippen LogP contribution < -0.4 is 10.1 Å². The van der Waals surface area contributed by atoms with E-state index in [1.54, 1.807) is 0 Å². The van der Waals surface area contributed by atoms with Gasteiger partial charge in [0, 0.05) is 17.6 Å². The van der Waals surface area contributed by atoms with E-state index in [4.69, 9.17) is 16.3 Å². The number of nitrogens with zero attached hydrogens (tertiary/aromatic N) is 1. The normalized spacial score (nSPS) is 10.2. The summed E-state index contributed by atoms with van der Waals surface area (Å²) in [6.07, 6.45) is 1.07. The van der Waals surface area contributed by atoms with E-state index in [2.05, 4.69) is 17.2 Å².